The maximum atomic E-state index is 11.9. The predicted octanol–water partition coefficient (Wildman–Crippen LogP) is 7.35. The van der Waals surface area contributed by atoms with Gasteiger partial charge in [0.2, 0.25) is 0 Å². The molecule has 0 atom stereocenters. The van der Waals surface area contributed by atoms with Gasteiger partial charge in [-0.25, -0.2) is 4.79 Å². The molecule has 0 N–H and O–H groups in total. The number of allylic oxidation sites excluding steroid dienone is 1. The number of unbranched alkanes of at least 4 members (excludes halogenated alkanes) is 9. The molecule has 0 aromatic heterocycles. The number of esters is 1. The van der Waals surface area contributed by atoms with Gasteiger partial charge in [0, 0.05) is 11.4 Å². The highest BCUT2D eigenvalue weighted by Crippen LogP contribution is 2.16. The van der Waals surface area contributed by atoms with Gasteiger partial charge in [-0.2, -0.15) is 0 Å². The molecule has 0 unspecified atom stereocenters. The van der Waals surface area contributed by atoms with Crippen molar-refractivity contribution in [1.82, 2.24) is 0 Å². The van der Waals surface area contributed by atoms with Crippen LogP contribution in [-0.2, 0) is 9.53 Å². The van der Waals surface area contributed by atoms with E-state index >= 15 is 0 Å². The van der Waals surface area contributed by atoms with Crippen LogP contribution in [0.5, 0.6) is 0 Å². The Hall–Kier alpha value is -0.310. The lowest BCUT2D eigenvalue weighted by molar-refractivity contribution is -0.137. The molecule has 0 fully saturated rings. The number of ether oxygens (including phenoxy) is 1. The second kappa shape index (κ2) is 19.0. The van der Waals surface area contributed by atoms with Crippen molar-refractivity contribution in [1.29, 1.82) is 0 Å². The predicted molar refractivity (Wildman–Crippen MR) is 109 cm³/mol. The first-order valence-electron chi connectivity index (χ1n) is 10.2. The fraction of sp³-hybridized carbons (Fsp3) is 0.857. The van der Waals surface area contributed by atoms with Gasteiger partial charge >= 0.3 is 5.97 Å². The summed E-state index contributed by atoms with van der Waals surface area (Å²) in [5.74, 6) is -0.142. The van der Waals surface area contributed by atoms with Crippen molar-refractivity contribution in [2.24, 2.45) is 0 Å². The third kappa shape index (κ3) is 16.5. The average Bonchev–Trinajstić information content (AvgIpc) is 2.57. The minimum atomic E-state index is -0.142. The maximum absolute atomic E-state index is 11.9. The third-order valence-electron chi connectivity index (χ3n) is 4.27. The summed E-state index contributed by atoms with van der Waals surface area (Å²) in [6, 6.07) is 0. The second-order valence-corrected chi connectivity index (χ2v) is 7.49. The molecule has 0 aliphatic rings. The molecule has 142 valence electrons. The van der Waals surface area contributed by atoms with Crippen LogP contribution >= 0.6 is 15.9 Å². The van der Waals surface area contributed by atoms with Crippen LogP contribution in [0.3, 0.4) is 0 Å². The quantitative estimate of drug-likeness (QED) is 0.110. The highest BCUT2D eigenvalue weighted by molar-refractivity contribution is 9.09. The van der Waals surface area contributed by atoms with Crippen LogP contribution in [0.25, 0.3) is 0 Å². The molecule has 0 rings (SSSR count). The summed E-state index contributed by atoms with van der Waals surface area (Å²) < 4.78 is 5.32. The Kier molecular flexibility index (Phi) is 18.8. The summed E-state index contributed by atoms with van der Waals surface area (Å²) in [5, 5.41) is 1.03. The number of alkyl halides is 1. The average molecular weight is 403 g/mol. The van der Waals surface area contributed by atoms with Crippen LogP contribution in [-0.4, -0.2) is 17.9 Å². The van der Waals surface area contributed by atoms with Crippen molar-refractivity contribution >= 4 is 21.9 Å². The Bertz CT molecular complexity index is 313. The van der Waals surface area contributed by atoms with Crippen molar-refractivity contribution in [3.05, 3.63) is 11.6 Å². The van der Waals surface area contributed by atoms with E-state index in [-0.39, 0.29) is 5.97 Å². The summed E-state index contributed by atoms with van der Waals surface area (Å²) in [5.41, 5.74) is 1.27. The molecule has 0 aliphatic heterocycles. The van der Waals surface area contributed by atoms with E-state index in [1.165, 1.54) is 56.9 Å². The van der Waals surface area contributed by atoms with E-state index in [0.29, 0.717) is 6.61 Å². The molecule has 3 heteroatoms. The van der Waals surface area contributed by atoms with E-state index < -0.39 is 0 Å². The zero-order valence-corrected chi connectivity index (χ0v) is 17.7. The summed E-state index contributed by atoms with van der Waals surface area (Å²) in [6.45, 7) is 4.99. The van der Waals surface area contributed by atoms with Gasteiger partial charge in [-0.15, -0.1) is 0 Å². The number of carbonyl (C=O) groups excluding carboxylic acids is 1. The maximum Gasteiger partial charge on any atom is 0.330 e. The van der Waals surface area contributed by atoms with Gasteiger partial charge in [0.1, 0.15) is 0 Å². The Labute approximate surface area is 158 Å². The first-order valence-corrected chi connectivity index (χ1v) is 11.3. The molecular weight excluding hydrogens is 364 g/mol. The van der Waals surface area contributed by atoms with Crippen LogP contribution in [0.2, 0.25) is 0 Å². The minimum absolute atomic E-state index is 0.142. The molecule has 0 bridgehead atoms. The van der Waals surface area contributed by atoms with E-state index in [1.807, 2.05) is 0 Å². The molecule has 0 saturated carbocycles. The highest BCUT2D eigenvalue weighted by atomic mass is 79.9. The molecule has 0 aliphatic carbocycles. The van der Waals surface area contributed by atoms with E-state index in [1.54, 1.807) is 6.08 Å². The molecule has 0 aromatic carbocycles. The van der Waals surface area contributed by atoms with Gasteiger partial charge in [-0.05, 0) is 38.5 Å². The van der Waals surface area contributed by atoms with Gasteiger partial charge in [0.25, 0.3) is 0 Å². The Morgan fingerprint density at radius 3 is 2.04 bits per heavy atom. The van der Waals surface area contributed by atoms with Gasteiger partial charge in [0.15, 0.2) is 0 Å². The Morgan fingerprint density at radius 2 is 1.42 bits per heavy atom. The highest BCUT2D eigenvalue weighted by Gasteiger charge is 2.03. The molecule has 0 spiro atoms. The lowest BCUT2D eigenvalue weighted by atomic mass is 10.0. The van der Waals surface area contributed by atoms with Crippen LogP contribution in [0.4, 0.5) is 0 Å². The van der Waals surface area contributed by atoms with Crippen LogP contribution < -0.4 is 0 Å². The zero-order valence-electron chi connectivity index (χ0n) is 16.1. The monoisotopic (exact) mass is 402 g/mol. The Balaban J connectivity index is 3.82. The number of hydrogen-bond acceptors (Lipinski definition) is 2. The summed E-state index contributed by atoms with van der Waals surface area (Å²) in [6.07, 6.45) is 18.8. The van der Waals surface area contributed by atoms with E-state index in [9.17, 15) is 4.79 Å². The van der Waals surface area contributed by atoms with E-state index in [4.69, 9.17) is 4.74 Å². The van der Waals surface area contributed by atoms with Crippen LogP contribution in [0.1, 0.15) is 104 Å². The molecule has 0 amide bonds. The summed E-state index contributed by atoms with van der Waals surface area (Å²) >= 11 is 3.41. The third-order valence-corrected chi connectivity index (χ3v) is 4.83. The number of halogens is 1. The van der Waals surface area contributed by atoms with Crippen molar-refractivity contribution in [2.75, 3.05) is 11.9 Å². The van der Waals surface area contributed by atoms with Gasteiger partial charge < -0.3 is 4.74 Å². The lowest BCUT2D eigenvalue weighted by Crippen LogP contribution is -2.04. The van der Waals surface area contributed by atoms with Gasteiger partial charge in [-0.3, -0.25) is 0 Å². The number of carbonyl (C=O) groups is 1. The van der Waals surface area contributed by atoms with Crippen molar-refractivity contribution in [2.45, 2.75) is 104 Å². The second-order valence-electron chi connectivity index (χ2n) is 6.69. The van der Waals surface area contributed by atoms with Crippen molar-refractivity contribution in [3.8, 4) is 0 Å². The van der Waals surface area contributed by atoms with Crippen LogP contribution in [0, 0.1) is 0 Å². The van der Waals surface area contributed by atoms with Crippen molar-refractivity contribution < 1.29 is 9.53 Å². The molecule has 0 heterocycles. The summed E-state index contributed by atoms with van der Waals surface area (Å²) in [7, 11) is 0. The normalized spacial score (nSPS) is 11.7. The molecule has 0 saturated heterocycles. The fourth-order valence-corrected chi connectivity index (χ4v) is 3.23. The lowest BCUT2D eigenvalue weighted by Gasteiger charge is -2.07. The molecule has 0 aromatic rings. The summed E-state index contributed by atoms with van der Waals surface area (Å²) in [4.78, 5) is 11.9. The number of hydrogen-bond donors (Lipinski definition) is 0. The smallest absolute Gasteiger partial charge is 0.330 e. The van der Waals surface area contributed by atoms with Crippen molar-refractivity contribution in [3.63, 3.8) is 0 Å². The molecule has 24 heavy (non-hydrogen) atoms. The SMILES string of the molecule is CCCCCCCCCC/C(=C/C(=O)OCCCCCBr)CCC. The fourth-order valence-electron chi connectivity index (χ4n) is 2.83. The van der Waals surface area contributed by atoms with Gasteiger partial charge in [-0.1, -0.05) is 86.7 Å². The molecule has 2 nitrogen and oxygen atoms in total. The largest absolute Gasteiger partial charge is 0.463 e. The van der Waals surface area contributed by atoms with E-state index in [2.05, 4.69) is 29.8 Å². The number of rotatable bonds is 17. The first-order chi connectivity index (χ1) is 11.7. The molecular formula is C21H39BrO2. The zero-order chi connectivity index (χ0) is 17.9. The van der Waals surface area contributed by atoms with Crippen LogP contribution in [0.15, 0.2) is 11.6 Å². The van der Waals surface area contributed by atoms with Gasteiger partial charge in [0.05, 0.1) is 6.61 Å². The standard InChI is InChI=1S/C21H39BrO2/c1-3-5-6-7-8-9-10-12-16-20(15-4-2)19-21(23)24-18-14-11-13-17-22/h19H,3-18H2,1-2H3/b20-19+. The Morgan fingerprint density at radius 1 is 0.792 bits per heavy atom. The molecule has 0 radical (unpaired) electrons. The minimum Gasteiger partial charge on any atom is -0.463 e. The van der Waals surface area contributed by atoms with E-state index in [0.717, 1.165) is 43.9 Å². The first kappa shape index (κ1) is 23.7. The topological polar surface area (TPSA) is 26.3 Å².